The molecule has 0 saturated carbocycles. The molecule has 1 N–H and O–H groups in total. The maximum Gasteiger partial charge on any atom is 0.191 e. The molecule has 2 aromatic heterocycles. The van der Waals surface area contributed by atoms with Crippen LogP contribution in [0.2, 0.25) is 5.02 Å². The smallest absolute Gasteiger partial charge is 0.191 e. The highest BCUT2D eigenvalue weighted by Crippen LogP contribution is 2.36. The molecule has 0 unspecified atom stereocenters. The Morgan fingerprint density at radius 2 is 1.78 bits per heavy atom. The molecule has 0 aliphatic rings. The van der Waals surface area contributed by atoms with Gasteiger partial charge in [-0.2, -0.15) is 0 Å². The Balaban J connectivity index is 1.77. The summed E-state index contributed by atoms with van der Waals surface area (Å²) in [7, 11) is 1.99. The molecule has 0 amide bonds. The lowest BCUT2D eigenvalue weighted by Gasteiger charge is -2.24. The van der Waals surface area contributed by atoms with Crippen molar-refractivity contribution in [2.24, 2.45) is 0 Å². The second-order valence-electron chi connectivity index (χ2n) is 8.09. The van der Waals surface area contributed by atoms with Gasteiger partial charge in [-0.05, 0) is 24.8 Å². The monoisotopic (exact) mass is 487 g/mol. The van der Waals surface area contributed by atoms with E-state index in [9.17, 15) is 8.78 Å². The number of anilines is 1. The summed E-state index contributed by atoms with van der Waals surface area (Å²) in [4.78, 5) is 4.48. The number of nitrogens with one attached hydrogen (secondary N) is 1. The summed E-state index contributed by atoms with van der Waals surface area (Å²) in [6.07, 6.45) is 10.2. The first kappa shape index (κ1) is 24.4. The third kappa shape index (κ3) is 5.39. The van der Waals surface area contributed by atoms with Crippen LogP contribution in [0.5, 0.6) is 11.5 Å². The summed E-state index contributed by atoms with van der Waals surface area (Å²) in [6, 6.07) is 3.01. The lowest BCUT2D eigenvalue weighted by Crippen LogP contribution is -2.10. The van der Waals surface area contributed by atoms with Gasteiger partial charge in [0.05, 0.1) is 25.8 Å². The van der Waals surface area contributed by atoms with E-state index in [0.29, 0.717) is 29.6 Å². The zero-order valence-corrected chi connectivity index (χ0v) is 20.4. The summed E-state index contributed by atoms with van der Waals surface area (Å²) in [5, 5.41) is 3.94. The molecular weight excluding hydrogens is 460 g/mol. The molecule has 0 spiro atoms. The minimum Gasteiger partial charge on any atom is -0.493 e. The number of hydrogen-bond donors (Lipinski definition) is 1. The van der Waals surface area contributed by atoms with Crippen LogP contribution in [-0.2, 0) is 18.0 Å². The van der Waals surface area contributed by atoms with Gasteiger partial charge in [-0.3, -0.25) is 0 Å². The lowest BCUT2D eigenvalue weighted by molar-refractivity contribution is 0.0924. The zero-order valence-electron chi connectivity index (χ0n) is 18.8. The van der Waals surface area contributed by atoms with Crippen molar-refractivity contribution in [3.63, 3.8) is 0 Å². The zero-order chi connectivity index (χ0) is 23.5. The molecule has 3 aromatic rings. The van der Waals surface area contributed by atoms with Crippen molar-refractivity contribution in [3.8, 4) is 11.5 Å². The molecule has 176 valence electrons. The third-order valence-corrected chi connectivity index (χ3v) is 6.73. The van der Waals surface area contributed by atoms with Crippen LogP contribution in [0.4, 0.5) is 14.5 Å². The van der Waals surface area contributed by atoms with Crippen molar-refractivity contribution in [1.82, 2.24) is 9.55 Å². The van der Waals surface area contributed by atoms with E-state index in [1.54, 1.807) is 6.20 Å². The van der Waals surface area contributed by atoms with Crippen LogP contribution in [0.15, 0.2) is 24.5 Å². The molecular formula is C22H28ClF2N3O3S. The molecule has 3 rings (SSSR count). The van der Waals surface area contributed by atoms with Crippen molar-refractivity contribution >= 4 is 38.3 Å². The summed E-state index contributed by atoms with van der Waals surface area (Å²) >= 11 is 6.57. The van der Waals surface area contributed by atoms with Gasteiger partial charge < -0.3 is 24.1 Å². The van der Waals surface area contributed by atoms with Crippen LogP contribution in [0, 0.1) is 11.6 Å². The van der Waals surface area contributed by atoms with Crippen molar-refractivity contribution in [1.29, 1.82) is 0 Å². The number of hydrogen-bond acceptors (Lipinski definition) is 5. The number of fused-ring (bicyclic) bond motifs is 1. The first-order valence-corrected chi connectivity index (χ1v) is 13.3. The highest BCUT2D eigenvalue weighted by molar-refractivity contribution is 8.32. The number of nitrogens with zero attached hydrogens (tertiary/aromatic N) is 2. The van der Waals surface area contributed by atoms with E-state index < -0.39 is 21.7 Å². The van der Waals surface area contributed by atoms with Crippen molar-refractivity contribution in [3.05, 3.63) is 46.7 Å². The van der Waals surface area contributed by atoms with Gasteiger partial charge in [0.2, 0.25) is 0 Å². The number of benzene rings is 1. The van der Waals surface area contributed by atoms with E-state index in [-0.39, 0.29) is 23.7 Å². The number of pyridine rings is 1. The first-order valence-electron chi connectivity index (χ1n) is 9.86. The SMILES string of the molecule is COc1cc(OC)c(F)c(NCc2cnc3c(ccn3COCCS(C)(C)C)c2Cl)c1F. The number of ether oxygens (including phenoxy) is 3. The third-order valence-electron chi connectivity index (χ3n) is 4.89. The molecule has 0 saturated heterocycles. The fourth-order valence-corrected chi connectivity index (χ4v) is 3.95. The molecule has 0 aliphatic heterocycles. The van der Waals surface area contributed by atoms with E-state index in [0.717, 1.165) is 17.2 Å². The Morgan fingerprint density at radius 3 is 2.38 bits per heavy atom. The fraction of sp³-hybridized carbons (Fsp3) is 0.409. The van der Waals surface area contributed by atoms with Crippen LogP contribution in [0.1, 0.15) is 5.56 Å². The average Bonchev–Trinajstić information content (AvgIpc) is 3.16. The van der Waals surface area contributed by atoms with Gasteiger partial charge in [0.1, 0.15) is 18.1 Å². The molecule has 0 bridgehead atoms. The molecule has 6 nitrogen and oxygen atoms in total. The summed E-state index contributed by atoms with van der Waals surface area (Å²) in [5.74, 6) is -0.933. The normalized spacial score (nSPS) is 12.2. The second-order valence-corrected chi connectivity index (χ2v) is 13.1. The van der Waals surface area contributed by atoms with Gasteiger partial charge in [0.15, 0.2) is 23.1 Å². The van der Waals surface area contributed by atoms with Gasteiger partial charge in [-0.25, -0.2) is 23.8 Å². The topological polar surface area (TPSA) is 57.5 Å². The van der Waals surface area contributed by atoms with E-state index >= 15 is 0 Å². The Morgan fingerprint density at radius 1 is 1.12 bits per heavy atom. The highest BCUT2D eigenvalue weighted by atomic mass is 35.5. The van der Waals surface area contributed by atoms with E-state index in [4.69, 9.17) is 25.8 Å². The van der Waals surface area contributed by atoms with Gasteiger partial charge >= 0.3 is 0 Å². The molecule has 0 atom stereocenters. The number of rotatable bonds is 10. The molecule has 32 heavy (non-hydrogen) atoms. The predicted octanol–water partition coefficient (Wildman–Crippen LogP) is 5.27. The fourth-order valence-electron chi connectivity index (χ4n) is 3.07. The Bertz CT molecular complexity index is 1070. The van der Waals surface area contributed by atoms with Crippen LogP contribution in [0.25, 0.3) is 11.0 Å². The van der Waals surface area contributed by atoms with Gasteiger partial charge in [-0.15, -0.1) is 0 Å². The molecule has 2 heterocycles. The van der Waals surface area contributed by atoms with Crippen molar-refractivity contribution in [2.45, 2.75) is 13.3 Å². The maximum absolute atomic E-state index is 14.6. The standard InChI is InChI=1S/C22H28ClF2N3O3S/c1-29-16-10-17(30-2)20(25)21(19(16)24)26-11-14-12-27-22-15(18(14)23)6-7-28(22)13-31-8-9-32(3,4)5/h6-7,10,12,26H,8-9,11,13H2,1-5H3. The Hall–Kier alpha value is -2.23. The molecule has 0 radical (unpaired) electrons. The first-order chi connectivity index (χ1) is 15.2. The Kier molecular flexibility index (Phi) is 7.74. The molecule has 10 heteroatoms. The second kappa shape index (κ2) is 10.1. The van der Waals surface area contributed by atoms with Crippen LogP contribution < -0.4 is 14.8 Å². The Labute approximate surface area is 193 Å². The van der Waals surface area contributed by atoms with Crippen LogP contribution in [0.3, 0.4) is 0 Å². The lowest BCUT2D eigenvalue weighted by atomic mass is 10.2. The van der Waals surface area contributed by atoms with Crippen LogP contribution in [-0.4, -0.2) is 54.9 Å². The number of aromatic nitrogens is 2. The minimum absolute atomic E-state index is 0.0575. The number of halogens is 3. The van der Waals surface area contributed by atoms with Crippen LogP contribution >= 0.6 is 21.6 Å². The quantitative estimate of drug-likeness (QED) is 0.395. The number of methoxy groups -OCH3 is 2. The van der Waals surface area contributed by atoms with E-state index in [2.05, 4.69) is 29.1 Å². The average molecular weight is 488 g/mol. The molecule has 0 fully saturated rings. The van der Waals surface area contributed by atoms with Gasteiger partial charge in [0.25, 0.3) is 0 Å². The molecule has 1 aromatic carbocycles. The predicted molar refractivity (Wildman–Crippen MR) is 128 cm³/mol. The summed E-state index contributed by atoms with van der Waals surface area (Å²) in [6.45, 7) is 1.11. The van der Waals surface area contributed by atoms with E-state index in [1.165, 1.54) is 14.2 Å². The molecule has 0 aliphatic carbocycles. The van der Waals surface area contributed by atoms with Gasteiger partial charge in [-0.1, -0.05) is 11.6 Å². The summed E-state index contributed by atoms with van der Waals surface area (Å²) < 4.78 is 46.8. The van der Waals surface area contributed by atoms with Gasteiger partial charge in [0, 0.05) is 41.7 Å². The summed E-state index contributed by atoms with van der Waals surface area (Å²) in [5.41, 5.74) is 0.918. The van der Waals surface area contributed by atoms with E-state index in [1.807, 2.05) is 16.8 Å². The largest absolute Gasteiger partial charge is 0.493 e. The van der Waals surface area contributed by atoms with Crippen molar-refractivity contribution < 1.29 is 23.0 Å². The van der Waals surface area contributed by atoms with Crippen molar-refractivity contribution in [2.75, 3.05) is 50.7 Å². The highest BCUT2D eigenvalue weighted by Gasteiger charge is 2.20. The minimum atomic E-state index is -0.851. The maximum atomic E-state index is 14.6.